The molecule has 1 fully saturated rings. The smallest absolute Gasteiger partial charge is 0.348 e. The van der Waals surface area contributed by atoms with E-state index in [1.54, 1.807) is 18.2 Å². The van der Waals surface area contributed by atoms with Crippen LogP contribution < -0.4 is 10.9 Å². The predicted octanol–water partition coefficient (Wildman–Crippen LogP) is 3.68. The topological polar surface area (TPSA) is 37.3 Å². The minimum Gasteiger partial charge on any atom is -0.348 e. The van der Waals surface area contributed by atoms with Gasteiger partial charge in [0.05, 0.1) is 5.56 Å². The number of benzene rings is 1. The van der Waals surface area contributed by atoms with Crippen molar-refractivity contribution in [2.24, 2.45) is 5.92 Å². The molecule has 0 radical (unpaired) electrons. The predicted molar refractivity (Wildman–Crippen MR) is 101 cm³/mol. The van der Waals surface area contributed by atoms with Gasteiger partial charge in [0.15, 0.2) is 5.11 Å². The van der Waals surface area contributed by atoms with Crippen molar-refractivity contribution >= 4 is 23.0 Å². The first kappa shape index (κ1) is 18.0. The third-order valence-electron chi connectivity index (χ3n) is 5.21. The van der Waals surface area contributed by atoms with Gasteiger partial charge in [0.2, 0.25) is 0 Å². The molecule has 142 valence electrons. The normalized spacial score (nSPS) is 21.5. The lowest BCUT2D eigenvalue weighted by Gasteiger charge is -2.43. The highest BCUT2D eigenvalue weighted by molar-refractivity contribution is 7.80. The molecule has 1 aromatic carbocycles. The number of fused-ring (bicyclic) bond motifs is 4. The van der Waals surface area contributed by atoms with Gasteiger partial charge in [0.1, 0.15) is 0 Å². The number of alkyl halides is 3. The first-order valence-electron chi connectivity index (χ1n) is 8.74. The lowest BCUT2D eigenvalue weighted by molar-refractivity contribution is -0.137. The summed E-state index contributed by atoms with van der Waals surface area (Å²) in [5, 5.41) is 3.35. The van der Waals surface area contributed by atoms with E-state index in [9.17, 15) is 18.0 Å². The molecule has 0 spiro atoms. The SMILES string of the molecule is O=c1cccc2n1C[C@H]1C[C@@H]2CN(C(=S)Nc2cccc(C(F)(F)F)c2)C1. The summed E-state index contributed by atoms with van der Waals surface area (Å²) < 4.78 is 40.5. The Morgan fingerprint density at radius 2 is 1.89 bits per heavy atom. The van der Waals surface area contributed by atoms with E-state index in [0.717, 1.165) is 24.2 Å². The molecule has 2 aliphatic rings. The number of halogens is 3. The molecular weight excluding hydrogens is 375 g/mol. The Kier molecular flexibility index (Phi) is 4.46. The second-order valence-electron chi connectivity index (χ2n) is 7.11. The van der Waals surface area contributed by atoms with Gasteiger partial charge in [-0.3, -0.25) is 4.79 Å². The molecule has 4 nitrogen and oxygen atoms in total. The van der Waals surface area contributed by atoms with Crippen LogP contribution in [-0.2, 0) is 12.7 Å². The minimum absolute atomic E-state index is 0.0142. The summed E-state index contributed by atoms with van der Waals surface area (Å²) in [5.41, 5.74) is 0.631. The molecule has 1 N–H and O–H groups in total. The zero-order chi connectivity index (χ0) is 19.2. The highest BCUT2D eigenvalue weighted by atomic mass is 32.1. The second kappa shape index (κ2) is 6.67. The van der Waals surface area contributed by atoms with Crippen LogP contribution in [-0.4, -0.2) is 27.7 Å². The Morgan fingerprint density at radius 1 is 1.11 bits per heavy atom. The Morgan fingerprint density at radius 3 is 2.67 bits per heavy atom. The lowest BCUT2D eigenvalue weighted by Crippen LogP contribution is -2.50. The lowest BCUT2D eigenvalue weighted by atomic mass is 9.83. The zero-order valence-electron chi connectivity index (χ0n) is 14.4. The number of piperidine rings is 1. The van der Waals surface area contributed by atoms with Crippen LogP contribution in [0.2, 0.25) is 0 Å². The molecule has 0 aliphatic carbocycles. The molecule has 8 heteroatoms. The molecule has 3 heterocycles. The third-order valence-corrected chi connectivity index (χ3v) is 5.57. The Balaban J connectivity index is 1.51. The van der Waals surface area contributed by atoms with E-state index in [1.807, 2.05) is 15.5 Å². The maximum atomic E-state index is 12.9. The number of pyridine rings is 1. The van der Waals surface area contributed by atoms with Crippen LogP contribution in [0, 0.1) is 5.92 Å². The van der Waals surface area contributed by atoms with E-state index >= 15 is 0 Å². The van der Waals surface area contributed by atoms with Gasteiger partial charge in [0.25, 0.3) is 5.56 Å². The van der Waals surface area contributed by atoms with Gasteiger partial charge in [-0.1, -0.05) is 12.1 Å². The number of anilines is 1. The van der Waals surface area contributed by atoms with Crippen LogP contribution in [0.1, 0.15) is 23.6 Å². The quantitative estimate of drug-likeness (QED) is 0.750. The van der Waals surface area contributed by atoms with Crippen LogP contribution in [0.4, 0.5) is 18.9 Å². The standard InChI is InChI=1S/C19H18F3N3OS/c20-19(21,22)14-3-1-4-15(8-14)23-18(27)24-9-12-7-13(11-24)16-5-2-6-17(26)25(16)10-12/h1-6,8,12-13H,7,9-11H2,(H,23,27)/t12-,13+/m0/s1. The van der Waals surface area contributed by atoms with E-state index < -0.39 is 11.7 Å². The first-order chi connectivity index (χ1) is 12.8. The molecular formula is C19H18F3N3OS. The summed E-state index contributed by atoms with van der Waals surface area (Å²) >= 11 is 5.46. The van der Waals surface area contributed by atoms with E-state index in [-0.39, 0.29) is 17.4 Å². The summed E-state index contributed by atoms with van der Waals surface area (Å²) in [7, 11) is 0. The second-order valence-corrected chi connectivity index (χ2v) is 7.50. The van der Waals surface area contributed by atoms with Crippen molar-refractivity contribution in [2.45, 2.75) is 25.1 Å². The van der Waals surface area contributed by atoms with Crippen LogP contribution >= 0.6 is 12.2 Å². The number of nitrogens with one attached hydrogen (secondary N) is 1. The largest absolute Gasteiger partial charge is 0.416 e. The fraction of sp³-hybridized carbons (Fsp3) is 0.368. The Labute approximate surface area is 159 Å². The molecule has 27 heavy (non-hydrogen) atoms. The average molecular weight is 393 g/mol. The highest BCUT2D eigenvalue weighted by Gasteiger charge is 2.35. The molecule has 4 rings (SSSR count). The first-order valence-corrected chi connectivity index (χ1v) is 9.15. The van der Waals surface area contributed by atoms with Crippen LogP contribution in [0.3, 0.4) is 0 Å². The molecule has 0 amide bonds. The third kappa shape index (κ3) is 3.58. The molecule has 0 unspecified atom stereocenters. The molecule has 0 saturated carbocycles. The number of nitrogens with zero attached hydrogens (tertiary/aromatic N) is 2. The number of likely N-dealkylation sites (tertiary alicyclic amines) is 1. The summed E-state index contributed by atoms with van der Waals surface area (Å²) in [5.74, 6) is 0.477. The van der Waals surface area contributed by atoms with Crippen LogP contribution in [0.5, 0.6) is 0 Å². The average Bonchev–Trinajstić information content (AvgIpc) is 2.62. The fourth-order valence-electron chi connectivity index (χ4n) is 4.04. The minimum atomic E-state index is -4.39. The van der Waals surface area contributed by atoms with E-state index in [2.05, 4.69) is 5.32 Å². The summed E-state index contributed by atoms with van der Waals surface area (Å²) in [6, 6.07) is 10.3. The fourth-order valence-corrected chi connectivity index (χ4v) is 4.31. The van der Waals surface area contributed by atoms with Gasteiger partial charge in [-0.25, -0.2) is 0 Å². The highest BCUT2D eigenvalue weighted by Crippen LogP contribution is 2.35. The number of hydrogen-bond donors (Lipinski definition) is 1. The molecule has 2 aromatic rings. The molecule has 2 bridgehead atoms. The summed E-state index contributed by atoms with van der Waals surface area (Å²) in [6.07, 6.45) is -3.40. The number of thiocarbonyl (C=S) groups is 1. The van der Waals surface area contributed by atoms with E-state index in [1.165, 1.54) is 6.07 Å². The van der Waals surface area contributed by atoms with Crippen molar-refractivity contribution in [3.05, 3.63) is 64.1 Å². The van der Waals surface area contributed by atoms with Crippen molar-refractivity contribution in [3.63, 3.8) is 0 Å². The van der Waals surface area contributed by atoms with Crippen LogP contribution in [0.15, 0.2) is 47.3 Å². The maximum Gasteiger partial charge on any atom is 0.416 e. The van der Waals surface area contributed by atoms with Gasteiger partial charge in [-0.15, -0.1) is 0 Å². The zero-order valence-corrected chi connectivity index (χ0v) is 15.2. The maximum absolute atomic E-state index is 12.9. The molecule has 2 atom stereocenters. The molecule has 2 aliphatic heterocycles. The van der Waals surface area contributed by atoms with Gasteiger partial charge in [-0.2, -0.15) is 13.2 Å². The molecule has 1 saturated heterocycles. The number of rotatable bonds is 1. The molecule has 1 aromatic heterocycles. The van der Waals surface area contributed by atoms with E-state index in [0.29, 0.717) is 30.4 Å². The monoisotopic (exact) mass is 393 g/mol. The van der Waals surface area contributed by atoms with Gasteiger partial charge < -0.3 is 14.8 Å². The van der Waals surface area contributed by atoms with Crippen LogP contribution in [0.25, 0.3) is 0 Å². The van der Waals surface area contributed by atoms with Gasteiger partial charge in [0, 0.05) is 43.0 Å². The Hall–Kier alpha value is -2.35. The van der Waals surface area contributed by atoms with Crippen molar-refractivity contribution < 1.29 is 13.2 Å². The number of hydrogen-bond acceptors (Lipinski definition) is 2. The van der Waals surface area contributed by atoms with Gasteiger partial charge in [-0.05, 0) is 48.8 Å². The van der Waals surface area contributed by atoms with Gasteiger partial charge >= 0.3 is 6.18 Å². The van der Waals surface area contributed by atoms with Crippen molar-refractivity contribution in [1.29, 1.82) is 0 Å². The van der Waals surface area contributed by atoms with Crippen molar-refractivity contribution in [2.75, 3.05) is 18.4 Å². The summed E-state index contributed by atoms with van der Waals surface area (Å²) in [4.78, 5) is 14.1. The van der Waals surface area contributed by atoms with E-state index in [4.69, 9.17) is 12.2 Å². The summed E-state index contributed by atoms with van der Waals surface area (Å²) in [6.45, 7) is 1.97. The Bertz CT molecular complexity index is 940. The van der Waals surface area contributed by atoms with Crippen molar-refractivity contribution in [1.82, 2.24) is 9.47 Å². The van der Waals surface area contributed by atoms with Crippen molar-refractivity contribution in [3.8, 4) is 0 Å². The number of aromatic nitrogens is 1.